The molecule has 0 aromatic rings. The third kappa shape index (κ3) is 9.30. The zero-order valence-electron chi connectivity index (χ0n) is 27.8. The topological polar surface area (TPSA) is 104 Å². The van der Waals surface area contributed by atoms with E-state index in [4.69, 9.17) is 19.2 Å². The fraction of sp³-hybridized carbons (Fsp3) is 0.867. The molecule has 0 bridgehead atoms. The number of rotatable bonds is 14. The second-order valence-electron chi connectivity index (χ2n) is 12.0. The molecule has 11 heteroatoms. The number of likely N-dealkylation sites (tertiary alicyclic amines) is 1. The van der Waals surface area contributed by atoms with Crippen LogP contribution in [0.15, 0.2) is 4.99 Å². The minimum atomic E-state index is -0.593. The van der Waals surface area contributed by atoms with Gasteiger partial charge in [-0.1, -0.05) is 34.1 Å². The number of carbonyl (C=O) groups excluding carboxylic acids is 3. The van der Waals surface area contributed by atoms with Gasteiger partial charge in [-0.2, -0.15) is 0 Å². The van der Waals surface area contributed by atoms with Crippen molar-refractivity contribution >= 4 is 23.7 Å². The van der Waals surface area contributed by atoms with Crippen LogP contribution in [-0.4, -0.2) is 137 Å². The molecule has 0 aromatic heterocycles. The number of nitrogens with zero attached hydrogens (tertiary/aromatic N) is 5. The highest BCUT2D eigenvalue weighted by Crippen LogP contribution is 2.30. The zero-order valence-corrected chi connectivity index (χ0v) is 27.8. The quantitative estimate of drug-likeness (QED) is 0.175. The number of ether oxygens (including phenoxy) is 3. The number of esters is 1. The van der Waals surface area contributed by atoms with Gasteiger partial charge in [0.15, 0.2) is 5.96 Å². The summed E-state index contributed by atoms with van der Waals surface area (Å²) >= 11 is 0. The van der Waals surface area contributed by atoms with E-state index in [9.17, 15) is 14.4 Å². The van der Waals surface area contributed by atoms with Crippen LogP contribution in [0, 0.1) is 17.8 Å². The summed E-state index contributed by atoms with van der Waals surface area (Å²) in [5.74, 6) is -0.315. The van der Waals surface area contributed by atoms with E-state index in [2.05, 4.69) is 13.8 Å². The van der Waals surface area contributed by atoms with Gasteiger partial charge in [-0.3, -0.25) is 14.4 Å². The number of carbonyl (C=O) groups is 3. The molecule has 11 nitrogen and oxygen atoms in total. The van der Waals surface area contributed by atoms with Gasteiger partial charge in [0.05, 0.1) is 43.7 Å². The normalized spacial score (nSPS) is 19.6. The molecule has 0 spiro atoms. The lowest BCUT2D eigenvalue weighted by Gasteiger charge is -2.40. The molecule has 0 aromatic carbocycles. The Bertz CT molecular complexity index is 869. The first-order valence-corrected chi connectivity index (χ1v) is 14.8. The lowest BCUT2D eigenvalue weighted by molar-refractivity contribution is -0.154. The molecule has 1 heterocycles. The van der Waals surface area contributed by atoms with Crippen LogP contribution in [-0.2, 0) is 28.6 Å². The van der Waals surface area contributed by atoms with Gasteiger partial charge in [-0.05, 0) is 31.6 Å². The maximum atomic E-state index is 14.0. The molecule has 0 N–H and O–H groups in total. The Morgan fingerprint density at radius 2 is 1.54 bits per heavy atom. The van der Waals surface area contributed by atoms with Gasteiger partial charge in [0, 0.05) is 56.0 Å². The van der Waals surface area contributed by atoms with Crippen molar-refractivity contribution in [2.24, 2.45) is 22.7 Å². The zero-order chi connectivity index (χ0) is 31.6. The molecule has 0 unspecified atom stereocenters. The molecular weight excluding hydrogens is 526 g/mol. The summed E-state index contributed by atoms with van der Waals surface area (Å²) in [6.45, 7) is 10.5. The van der Waals surface area contributed by atoms with Crippen LogP contribution in [0.4, 0.5) is 0 Å². The van der Waals surface area contributed by atoms with Crippen LogP contribution in [0.5, 0.6) is 0 Å². The number of amides is 2. The minimum Gasteiger partial charge on any atom is -0.469 e. The highest BCUT2D eigenvalue weighted by Gasteiger charge is 2.42. The molecule has 238 valence electrons. The van der Waals surface area contributed by atoms with E-state index in [1.54, 1.807) is 33.1 Å². The molecule has 0 radical (unpaired) electrons. The first-order chi connectivity index (χ1) is 19.2. The number of guanidine groups is 1. The number of aliphatic imine (C=N–C) groups is 1. The summed E-state index contributed by atoms with van der Waals surface area (Å²) < 4.78 is 16.6. The monoisotopic (exact) mass is 583 g/mol. The van der Waals surface area contributed by atoms with E-state index < -0.39 is 24.2 Å². The van der Waals surface area contributed by atoms with Crippen molar-refractivity contribution in [3.8, 4) is 0 Å². The van der Waals surface area contributed by atoms with Gasteiger partial charge >= 0.3 is 5.97 Å². The van der Waals surface area contributed by atoms with Crippen molar-refractivity contribution in [1.29, 1.82) is 0 Å². The minimum absolute atomic E-state index is 0.0341. The number of hydrogen-bond acceptors (Lipinski definition) is 7. The van der Waals surface area contributed by atoms with E-state index in [-0.39, 0.29) is 48.1 Å². The summed E-state index contributed by atoms with van der Waals surface area (Å²) in [6.07, 6.45) is 1.48. The molecule has 7 atom stereocenters. The molecule has 1 fully saturated rings. The smallest absolute Gasteiger partial charge is 0.311 e. The van der Waals surface area contributed by atoms with Gasteiger partial charge in [-0.25, -0.2) is 4.99 Å². The lowest BCUT2D eigenvalue weighted by Crippen LogP contribution is -2.55. The highest BCUT2D eigenvalue weighted by atomic mass is 16.5. The largest absolute Gasteiger partial charge is 0.469 e. The molecule has 1 aliphatic heterocycles. The summed E-state index contributed by atoms with van der Waals surface area (Å²) in [5, 5.41) is 0. The van der Waals surface area contributed by atoms with Crippen molar-refractivity contribution in [2.75, 3.05) is 63.1 Å². The Morgan fingerprint density at radius 1 is 0.951 bits per heavy atom. The maximum Gasteiger partial charge on any atom is 0.311 e. The Kier molecular flexibility index (Phi) is 15.1. The standard InChI is InChI=1S/C30H57N5O6/c1-14-20(4)26(34(10)28(37)25(19(2)3)31-30(32(6)7)33(8)9)23(39-11)18-24(36)35-17-15-16-22(35)27(40-12)21(5)29(38)41-13/h19-23,25-27H,14-18H2,1-13H3/t20-,21+,22-,23+,25-,26-,27+/m0/s1. The van der Waals surface area contributed by atoms with Crippen molar-refractivity contribution in [3.05, 3.63) is 0 Å². The van der Waals surface area contributed by atoms with E-state index >= 15 is 0 Å². The van der Waals surface area contributed by atoms with E-state index in [1.807, 2.05) is 56.7 Å². The first-order valence-electron chi connectivity index (χ1n) is 14.8. The van der Waals surface area contributed by atoms with E-state index in [1.165, 1.54) is 7.11 Å². The molecule has 0 saturated carbocycles. The van der Waals surface area contributed by atoms with Gasteiger partial charge in [0.1, 0.15) is 6.04 Å². The molecule has 41 heavy (non-hydrogen) atoms. The van der Waals surface area contributed by atoms with Crippen LogP contribution in [0.25, 0.3) is 0 Å². The molecular formula is C30H57N5O6. The third-order valence-electron chi connectivity index (χ3n) is 8.36. The van der Waals surface area contributed by atoms with Crippen molar-refractivity contribution in [1.82, 2.24) is 19.6 Å². The van der Waals surface area contributed by atoms with E-state index in [0.29, 0.717) is 12.5 Å². The Morgan fingerprint density at radius 3 is 1.98 bits per heavy atom. The fourth-order valence-corrected chi connectivity index (χ4v) is 5.93. The van der Waals surface area contributed by atoms with Crippen molar-refractivity contribution in [2.45, 2.75) is 90.6 Å². The van der Waals surface area contributed by atoms with Crippen LogP contribution in [0.2, 0.25) is 0 Å². The molecule has 1 aliphatic rings. The van der Waals surface area contributed by atoms with Gasteiger partial charge in [0.25, 0.3) is 0 Å². The van der Waals surface area contributed by atoms with Gasteiger partial charge in [0.2, 0.25) is 11.8 Å². The molecule has 1 saturated heterocycles. The average Bonchev–Trinajstić information content (AvgIpc) is 3.41. The van der Waals surface area contributed by atoms with Crippen molar-refractivity contribution in [3.63, 3.8) is 0 Å². The second-order valence-corrected chi connectivity index (χ2v) is 12.0. The number of hydrogen-bond donors (Lipinski definition) is 0. The van der Waals surface area contributed by atoms with Crippen LogP contribution < -0.4 is 0 Å². The summed E-state index contributed by atoms with van der Waals surface area (Å²) in [7, 11) is 13.9. The summed E-state index contributed by atoms with van der Waals surface area (Å²) in [6, 6.07) is -1.17. The summed E-state index contributed by atoms with van der Waals surface area (Å²) in [5.41, 5.74) is 0. The van der Waals surface area contributed by atoms with Gasteiger partial charge < -0.3 is 33.8 Å². The molecule has 2 amide bonds. The Labute approximate surface area is 248 Å². The lowest BCUT2D eigenvalue weighted by atomic mass is 9.89. The van der Waals surface area contributed by atoms with Gasteiger partial charge in [-0.15, -0.1) is 0 Å². The molecule has 1 rings (SSSR count). The average molecular weight is 584 g/mol. The molecule has 0 aliphatic carbocycles. The highest BCUT2D eigenvalue weighted by molar-refractivity contribution is 5.87. The first kappa shape index (κ1) is 36.6. The summed E-state index contributed by atoms with van der Waals surface area (Å²) in [4.78, 5) is 52.3. The third-order valence-corrected chi connectivity index (χ3v) is 8.36. The van der Waals surface area contributed by atoms with Crippen LogP contribution in [0.3, 0.4) is 0 Å². The van der Waals surface area contributed by atoms with E-state index in [0.717, 1.165) is 19.3 Å². The second kappa shape index (κ2) is 16.9. The number of likely N-dealkylation sites (N-methyl/N-ethyl adjacent to an activating group) is 1. The SMILES string of the molecule is CC[C@H](C)[C@@H]([C@@H](CC(=O)N1CCC[C@H]1[C@H](OC)[C@@H](C)C(=O)OC)OC)N(C)C(=O)[C@@H](N=C(N(C)C)N(C)C)C(C)C. The van der Waals surface area contributed by atoms with Crippen LogP contribution >= 0.6 is 0 Å². The predicted molar refractivity (Wildman–Crippen MR) is 162 cm³/mol. The number of methoxy groups -OCH3 is 3. The Hall–Kier alpha value is -2.40. The fourth-order valence-electron chi connectivity index (χ4n) is 5.93. The predicted octanol–water partition coefficient (Wildman–Crippen LogP) is 2.58. The maximum absolute atomic E-state index is 14.0. The Balaban J connectivity index is 3.32. The van der Waals surface area contributed by atoms with Crippen molar-refractivity contribution < 1.29 is 28.6 Å². The van der Waals surface area contributed by atoms with Crippen LogP contribution in [0.1, 0.15) is 60.3 Å².